The van der Waals surface area contributed by atoms with Gasteiger partial charge in [0, 0.05) is 6.54 Å². The number of aliphatic carboxylic acids is 1. The average Bonchev–Trinajstić information content (AvgIpc) is 3.08. The molecule has 1 amide bonds. The lowest BCUT2D eigenvalue weighted by molar-refractivity contribution is -0.947. The van der Waals surface area contributed by atoms with Gasteiger partial charge in [0.05, 0.1) is 33.5 Å². The number of rotatable bonds is 18. The first-order chi connectivity index (χ1) is 22.0. The number of nitrogens with zero attached hydrogens (tertiary/aromatic N) is 1. The quantitative estimate of drug-likeness (QED) is 0.124. The van der Waals surface area contributed by atoms with Crippen LogP contribution in [0.3, 0.4) is 0 Å². The maximum Gasteiger partial charge on any atom is 0.407 e. The molecule has 0 spiro atoms. The zero-order chi connectivity index (χ0) is 31.7. The van der Waals surface area contributed by atoms with E-state index in [0.717, 1.165) is 60.7 Å². The Bertz CT molecular complexity index is 1290. The number of hydroxylamine groups is 2. The van der Waals surface area contributed by atoms with Crippen molar-refractivity contribution in [2.75, 3.05) is 66.2 Å². The molecule has 1 heterocycles. The maximum atomic E-state index is 12.4. The average molecular weight is 623 g/mol. The zero-order valence-electron chi connectivity index (χ0n) is 26.0. The fourth-order valence-corrected chi connectivity index (χ4v) is 5.15. The fraction of sp³-hybridized carbons (Fsp3) is 0.412. The number of hydrogen-bond acceptors (Lipinski definition) is 7. The summed E-state index contributed by atoms with van der Waals surface area (Å²) in [4.78, 5) is 32.2. The first-order valence-electron chi connectivity index (χ1n) is 15.5. The van der Waals surface area contributed by atoms with Crippen LogP contribution in [0.4, 0.5) is 4.79 Å². The van der Waals surface area contributed by atoms with Gasteiger partial charge >= 0.3 is 12.1 Å². The molecule has 11 heteroatoms. The van der Waals surface area contributed by atoms with Gasteiger partial charge in [-0.2, -0.15) is 5.06 Å². The highest BCUT2D eigenvalue weighted by Crippen LogP contribution is 2.23. The Morgan fingerprint density at radius 2 is 1.60 bits per heavy atom. The lowest BCUT2D eigenvalue weighted by atomic mass is 10.0. The number of piperazine rings is 1. The molecule has 0 unspecified atom stereocenters. The van der Waals surface area contributed by atoms with Crippen molar-refractivity contribution in [1.29, 1.82) is 0 Å². The normalized spacial score (nSPS) is 14.2. The topological polar surface area (TPSA) is 128 Å². The Balaban J connectivity index is 1.32. The Labute approximate surface area is 265 Å². The molecule has 0 bridgehead atoms. The molecule has 0 aliphatic carbocycles. The summed E-state index contributed by atoms with van der Waals surface area (Å²) in [6, 6.07) is 24.1. The van der Waals surface area contributed by atoms with Crippen LogP contribution in [0.5, 0.6) is 5.75 Å². The molecule has 1 fully saturated rings. The number of carbonyl (C=O) groups excluding carboxylic acids is 1. The first kappa shape index (κ1) is 33.9. The second-order valence-electron chi connectivity index (χ2n) is 10.9. The standard InChI is InChI=1S/C34H44N4O7/c1-42-31-13-11-30(12-14-31)29-9-7-27(8-10-29)25-38(45-24-23-43-22-21-37-19-17-35-18-20-37)32(33(39)40)15-16-36-34(41)44-26-28-5-3-2-4-6-28/h2-14,32,35H,15-26H2,1H3,(H,36,41)(H,39,40)/p+2/t32-/m1/s1. The predicted octanol–water partition coefficient (Wildman–Crippen LogP) is 1.34. The Hall–Kier alpha value is -4.00. The fourth-order valence-electron chi connectivity index (χ4n) is 5.15. The first-order valence-corrected chi connectivity index (χ1v) is 15.5. The number of nitrogens with one attached hydrogen (secondary N) is 2. The predicted molar refractivity (Wildman–Crippen MR) is 169 cm³/mol. The van der Waals surface area contributed by atoms with Crippen LogP contribution in [0.2, 0.25) is 0 Å². The molecule has 0 saturated carbocycles. The third-order valence-corrected chi connectivity index (χ3v) is 7.74. The van der Waals surface area contributed by atoms with Crippen LogP contribution < -0.4 is 20.3 Å². The molecule has 3 aromatic rings. The summed E-state index contributed by atoms with van der Waals surface area (Å²) >= 11 is 0. The minimum Gasteiger partial charge on any atom is -0.497 e. The molecule has 1 atom stereocenters. The minimum absolute atomic E-state index is 0.105. The summed E-state index contributed by atoms with van der Waals surface area (Å²) in [6.45, 7) is 7.18. The van der Waals surface area contributed by atoms with E-state index in [1.54, 1.807) is 12.0 Å². The maximum absolute atomic E-state index is 12.4. The van der Waals surface area contributed by atoms with E-state index in [4.69, 9.17) is 19.0 Å². The zero-order valence-corrected chi connectivity index (χ0v) is 26.0. The molecule has 0 radical (unpaired) electrons. The minimum atomic E-state index is -1.05. The second-order valence-corrected chi connectivity index (χ2v) is 10.9. The largest absolute Gasteiger partial charge is 0.497 e. The summed E-state index contributed by atoms with van der Waals surface area (Å²) in [5.74, 6) is -0.257. The van der Waals surface area contributed by atoms with Gasteiger partial charge in [0.2, 0.25) is 0 Å². The summed E-state index contributed by atoms with van der Waals surface area (Å²) < 4.78 is 16.3. The van der Waals surface area contributed by atoms with Crippen molar-refractivity contribution in [1.82, 2.24) is 10.4 Å². The number of carboxylic acids is 1. The number of methoxy groups -OCH3 is 1. The van der Waals surface area contributed by atoms with Crippen molar-refractivity contribution >= 4 is 12.1 Å². The monoisotopic (exact) mass is 622 g/mol. The van der Waals surface area contributed by atoms with Crippen molar-refractivity contribution in [3.05, 3.63) is 90.0 Å². The van der Waals surface area contributed by atoms with E-state index in [2.05, 4.69) is 10.6 Å². The Morgan fingerprint density at radius 3 is 2.27 bits per heavy atom. The number of alkyl carbamates (subject to hydrolysis) is 1. The van der Waals surface area contributed by atoms with Crippen LogP contribution in [-0.4, -0.2) is 94.5 Å². The van der Waals surface area contributed by atoms with Gasteiger partial charge in [-0.15, -0.1) is 0 Å². The molecule has 3 aromatic carbocycles. The third kappa shape index (κ3) is 11.8. The van der Waals surface area contributed by atoms with Gasteiger partial charge in [0.25, 0.3) is 0 Å². The van der Waals surface area contributed by atoms with Gasteiger partial charge in [-0.3, -0.25) is 9.63 Å². The van der Waals surface area contributed by atoms with Crippen LogP contribution in [0.1, 0.15) is 17.5 Å². The second kappa shape index (κ2) is 18.7. The van der Waals surface area contributed by atoms with E-state index in [1.165, 1.54) is 5.06 Å². The van der Waals surface area contributed by atoms with Crippen LogP contribution in [0.15, 0.2) is 78.9 Å². The van der Waals surface area contributed by atoms with Gasteiger partial charge in [0.15, 0.2) is 0 Å². The molecule has 1 aliphatic rings. The molecule has 5 N–H and O–H groups in total. The highest BCUT2D eigenvalue weighted by atomic mass is 16.7. The number of quaternary nitrogens is 2. The summed E-state index contributed by atoms with van der Waals surface area (Å²) in [5.41, 5.74) is 3.83. The molecule has 45 heavy (non-hydrogen) atoms. The van der Waals surface area contributed by atoms with Gasteiger partial charge < -0.3 is 34.9 Å². The Morgan fingerprint density at radius 1 is 0.911 bits per heavy atom. The van der Waals surface area contributed by atoms with Gasteiger partial charge in [-0.25, -0.2) is 4.79 Å². The number of carbonyl (C=O) groups is 2. The third-order valence-electron chi connectivity index (χ3n) is 7.74. The summed E-state index contributed by atoms with van der Waals surface area (Å²) in [5, 5.41) is 16.6. The van der Waals surface area contributed by atoms with E-state index in [1.807, 2.05) is 78.9 Å². The number of carboxylic acid groups (broad SMARTS) is 1. The van der Waals surface area contributed by atoms with E-state index in [9.17, 15) is 14.7 Å². The van der Waals surface area contributed by atoms with Crippen molar-refractivity contribution in [3.8, 4) is 16.9 Å². The highest BCUT2D eigenvalue weighted by molar-refractivity contribution is 5.73. The lowest BCUT2D eigenvalue weighted by Crippen LogP contribution is -3.20. The number of amides is 1. The van der Waals surface area contributed by atoms with Crippen molar-refractivity contribution in [2.45, 2.75) is 25.6 Å². The van der Waals surface area contributed by atoms with Gasteiger partial charge in [-0.05, 0) is 40.8 Å². The molecular weight excluding hydrogens is 576 g/mol. The van der Waals surface area contributed by atoms with E-state index < -0.39 is 18.1 Å². The van der Waals surface area contributed by atoms with Gasteiger partial charge in [-0.1, -0.05) is 66.7 Å². The molecule has 0 aromatic heterocycles. The van der Waals surface area contributed by atoms with Crippen LogP contribution in [0, 0.1) is 0 Å². The molecule has 1 saturated heterocycles. The van der Waals surface area contributed by atoms with Crippen LogP contribution in [0.25, 0.3) is 11.1 Å². The van der Waals surface area contributed by atoms with E-state index >= 15 is 0 Å². The van der Waals surface area contributed by atoms with E-state index in [-0.39, 0.29) is 32.7 Å². The number of benzene rings is 3. The lowest BCUT2D eigenvalue weighted by Gasteiger charge is -2.28. The Kier molecular flexibility index (Phi) is 14.1. The van der Waals surface area contributed by atoms with Crippen molar-refractivity contribution in [3.63, 3.8) is 0 Å². The smallest absolute Gasteiger partial charge is 0.407 e. The number of nitrogens with two attached hydrogens (primary N) is 1. The summed E-state index contributed by atoms with van der Waals surface area (Å²) in [6.07, 6.45) is -0.484. The SMILES string of the molecule is COc1ccc(-c2ccc(CN(OCCOCC[NH+]3CC[NH2+]CC3)[C@H](CCNC(=O)OCc3ccccc3)C(=O)O)cc2)cc1. The molecule has 242 valence electrons. The van der Waals surface area contributed by atoms with Crippen LogP contribution in [-0.2, 0) is 32.3 Å². The summed E-state index contributed by atoms with van der Waals surface area (Å²) in [7, 11) is 1.64. The van der Waals surface area contributed by atoms with Crippen LogP contribution >= 0.6 is 0 Å². The van der Waals surface area contributed by atoms with E-state index in [0.29, 0.717) is 13.2 Å². The van der Waals surface area contributed by atoms with Crippen molar-refractivity contribution in [2.24, 2.45) is 0 Å². The molecule has 11 nitrogen and oxygen atoms in total. The molecular formula is C34H46N4O7+2. The molecule has 4 rings (SSSR count). The number of ether oxygens (including phenoxy) is 3. The number of hydrogen-bond donors (Lipinski definition) is 4. The van der Waals surface area contributed by atoms with Crippen molar-refractivity contribution < 1.29 is 44.0 Å². The van der Waals surface area contributed by atoms with Gasteiger partial charge in [0.1, 0.15) is 51.1 Å². The molecule has 1 aliphatic heterocycles. The highest BCUT2D eigenvalue weighted by Gasteiger charge is 2.27.